The highest BCUT2D eigenvalue weighted by Gasteiger charge is 2.40. The topological polar surface area (TPSA) is 127 Å². The van der Waals surface area contributed by atoms with Crippen LogP contribution in [0.3, 0.4) is 0 Å². The Balaban J connectivity index is 2.37. The number of nitrogens with zero attached hydrogens (tertiary/aromatic N) is 3. The summed E-state index contributed by atoms with van der Waals surface area (Å²) in [5, 5.41) is 16.6. The Morgan fingerprint density at radius 1 is 1.40 bits per heavy atom. The van der Waals surface area contributed by atoms with Gasteiger partial charge in [0.05, 0.1) is 22.0 Å². The molecule has 0 saturated carbocycles. The van der Waals surface area contributed by atoms with Gasteiger partial charge in [-0.25, -0.2) is 18.4 Å². The minimum atomic E-state index is -3.11. The Morgan fingerprint density at radius 2 is 2.05 bits per heavy atom. The van der Waals surface area contributed by atoms with Gasteiger partial charge in [0.1, 0.15) is 6.33 Å². The molecule has 0 spiro atoms. The maximum Gasteiger partial charge on any atom is 0.353 e. The molecule has 0 aromatic carbocycles. The first-order chi connectivity index (χ1) is 9.26. The van der Waals surface area contributed by atoms with E-state index in [1.165, 1.54) is 13.4 Å². The van der Waals surface area contributed by atoms with Crippen molar-refractivity contribution in [2.75, 3.05) is 29.2 Å². The molecule has 2 heterocycles. The average molecular weight is 301 g/mol. The van der Waals surface area contributed by atoms with E-state index in [1.807, 2.05) is 0 Å². The van der Waals surface area contributed by atoms with Crippen LogP contribution in [0.5, 0.6) is 0 Å². The summed E-state index contributed by atoms with van der Waals surface area (Å²) in [6, 6.07) is 0. The summed E-state index contributed by atoms with van der Waals surface area (Å²) < 4.78 is 23.1. The Bertz CT molecular complexity index is 647. The Hall–Kier alpha value is -1.97. The molecule has 0 amide bonds. The smallest absolute Gasteiger partial charge is 0.353 e. The predicted molar refractivity (Wildman–Crippen MR) is 73.5 cm³/mol. The highest BCUT2D eigenvalue weighted by molar-refractivity contribution is 7.91. The van der Waals surface area contributed by atoms with Crippen molar-refractivity contribution in [1.82, 2.24) is 9.97 Å². The van der Waals surface area contributed by atoms with Crippen LogP contribution in [0.2, 0.25) is 0 Å². The Morgan fingerprint density at radius 3 is 2.55 bits per heavy atom. The van der Waals surface area contributed by atoms with Crippen LogP contribution in [0.25, 0.3) is 0 Å². The highest BCUT2D eigenvalue weighted by atomic mass is 32.2. The average Bonchev–Trinajstić information content (AvgIpc) is 2.62. The van der Waals surface area contributed by atoms with Crippen molar-refractivity contribution in [2.24, 2.45) is 0 Å². The maximum atomic E-state index is 11.6. The van der Waals surface area contributed by atoms with E-state index >= 15 is 0 Å². The summed E-state index contributed by atoms with van der Waals surface area (Å²) in [5.74, 6) is 0.0931. The van der Waals surface area contributed by atoms with E-state index in [9.17, 15) is 18.5 Å². The zero-order valence-corrected chi connectivity index (χ0v) is 11.9. The molecular weight excluding hydrogens is 286 g/mol. The summed E-state index contributed by atoms with van der Waals surface area (Å²) in [6.07, 6.45) is 1.57. The van der Waals surface area contributed by atoms with Crippen LogP contribution in [0.4, 0.5) is 17.3 Å². The molecule has 110 valence electrons. The summed E-state index contributed by atoms with van der Waals surface area (Å²) in [7, 11) is -1.60. The van der Waals surface area contributed by atoms with Gasteiger partial charge in [-0.1, -0.05) is 0 Å². The molecule has 1 unspecified atom stereocenters. The van der Waals surface area contributed by atoms with Crippen molar-refractivity contribution in [1.29, 1.82) is 0 Å². The molecule has 0 aliphatic carbocycles. The second-order valence-corrected chi connectivity index (χ2v) is 7.14. The fourth-order valence-electron chi connectivity index (χ4n) is 2.22. The second kappa shape index (κ2) is 4.85. The van der Waals surface area contributed by atoms with Gasteiger partial charge in [0.25, 0.3) is 0 Å². The molecule has 1 fully saturated rings. The quantitative estimate of drug-likeness (QED) is 0.605. The van der Waals surface area contributed by atoms with E-state index < -0.39 is 20.3 Å². The number of hydrogen-bond acceptors (Lipinski definition) is 8. The molecule has 9 nitrogen and oxygen atoms in total. The minimum Gasteiger partial charge on any atom is -0.367 e. The van der Waals surface area contributed by atoms with E-state index in [2.05, 4.69) is 20.6 Å². The first-order valence-electron chi connectivity index (χ1n) is 5.92. The van der Waals surface area contributed by atoms with Crippen LogP contribution in [0.1, 0.15) is 13.3 Å². The first-order valence-corrected chi connectivity index (χ1v) is 7.74. The lowest BCUT2D eigenvalue weighted by Gasteiger charge is -2.24. The number of anilines is 2. The lowest BCUT2D eigenvalue weighted by molar-refractivity contribution is -0.383. The van der Waals surface area contributed by atoms with E-state index in [4.69, 9.17) is 0 Å². The molecule has 1 atom stereocenters. The molecule has 10 heteroatoms. The molecule has 1 aliphatic rings. The number of sulfone groups is 1. The van der Waals surface area contributed by atoms with Crippen LogP contribution >= 0.6 is 0 Å². The molecule has 1 aromatic rings. The highest BCUT2D eigenvalue weighted by Crippen LogP contribution is 2.33. The van der Waals surface area contributed by atoms with Crippen molar-refractivity contribution >= 4 is 27.2 Å². The number of hydrogen-bond donors (Lipinski definition) is 2. The number of nitro groups is 1. The van der Waals surface area contributed by atoms with Crippen LogP contribution in [0.15, 0.2) is 6.33 Å². The van der Waals surface area contributed by atoms with Gasteiger partial charge in [0.2, 0.25) is 11.6 Å². The SMILES string of the molecule is CNc1ncnc(NC2(C)CCS(=O)(=O)C2)c1[N+](=O)[O-]. The van der Waals surface area contributed by atoms with E-state index in [0.717, 1.165) is 0 Å². The zero-order valence-electron chi connectivity index (χ0n) is 11.1. The van der Waals surface area contributed by atoms with Crippen molar-refractivity contribution in [3.8, 4) is 0 Å². The number of aromatic nitrogens is 2. The molecular formula is C10H15N5O4S. The first kappa shape index (κ1) is 14.4. The number of nitrogens with one attached hydrogen (secondary N) is 2. The van der Waals surface area contributed by atoms with Gasteiger partial charge in [0.15, 0.2) is 9.84 Å². The van der Waals surface area contributed by atoms with Gasteiger partial charge in [-0.05, 0) is 13.3 Å². The normalized spacial score (nSPS) is 24.3. The molecule has 2 N–H and O–H groups in total. The molecule has 1 aromatic heterocycles. The molecule has 1 aliphatic heterocycles. The van der Waals surface area contributed by atoms with Gasteiger partial charge in [-0.15, -0.1) is 0 Å². The maximum absolute atomic E-state index is 11.6. The van der Waals surface area contributed by atoms with Crippen molar-refractivity contribution in [3.05, 3.63) is 16.4 Å². The lowest BCUT2D eigenvalue weighted by Crippen LogP contribution is -2.36. The van der Waals surface area contributed by atoms with Gasteiger partial charge in [0, 0.05) is 7.05 Å². The van der Waals surface area contributed by atoms with E-state index in [0.29, 0.717) is 6.42 Å². The van der Waals surface area contributed by atoms with Crippen LogP contribution in [-0.2, 0) is 9.84 Å². The third-order valence-corrected chi connectivity index (χ3v) is 5.07. The van der Waals surface area contributed by atoms with Gasteiger partial charge < -0.3 is 10.6 Å². The molecule has 1 saturated heterocycles. The summed E-state index contributed by atoms with van der Waals surface area (Å²) in [5.41, 5.74) is -1.05. The zero-order chi connectivity index (χ0) is 15.0. The Kier molecular flexibility index (Phi) is 3.50. The lowest BCUT2D eigenvalue weighted by atomic mass is 10.0. The summed E-state index contributed by atoms with van der Waals surface area (Å²) in [4.78, 5) is 18.2. The Labute approximate surface area is 115 Å². The monoisotopic (exact) mass is 301 g/mol. The third kappa shape index (κ3) is 2.79. The van der Waals surface area contributed by atoms with Gasteiger partial charge in [-0.2, -0.15) is 0 Å². The van der Waals surface area contributed by atoms with Crippen molar-refractivity contribution < 1.29 is 13.3 Å². The standard InChI is InChI=1S/C10H15N5O4S/c1-10(3-4-20(18,19)5-10)14-9-7(15(16)17)8(11-2)12-6-13-9/h6H,3-5H2,1-2H3,(H2,11,12,13,14). The molecule has 20 heavy (non-hydrogen) atoms. The fraction of sp³-hybridized carbons (Fsp3) is 0.600. The van der Waals surface area contributed by atoms with Crippen LogP contribution in [-0.4, -0.2) is 47.4 Å². The number of rotatable bonds is 4. The van der Waals surface area contributed by atoms with Gasteiger partial charge in [-0.3, -0.25) is 10.1 Å². The summed E-state index contributed by atoms with van der Waals surface area (Å²) >= 11 is 0. The van der Waals surface area contributed by atoms with Crippen molar-refractivity contribution in [2.45, 2.75) is 18.9 Å². The van der Waals surface area contributed by atoms with Crippen LogP contribution < -0.4 is 10.6 Å². The molecule has 2 rings (SSSR count). The van der Waals surface area contributed by atoms with E-state index in [-0.39, 0.29) is 28.8 Å². The second-order valence-electron chi connectivity index (χ2n) is 4.95. The van der Waals surface area contributed by atoms with Crippen LogP contribution in [0, 0.1) is 10.1 Å². The molecule has 0 bridgehead atoms. The third-order valence-electron chi connectivity index (χ3n) is 3.17. The predicted octanol–water partition coefficient (Wildman–Crippen LogP) is 0.416. The summed E-state index contributed by atoms with van der Waals surface area (Å²) in [6.45, 7) is 1.71. The fourth-order valence-corrected chi connectivity index (χ4v) is 4.31. The van der Waals surface area contributed by atoms with Crippen molar-refractivity contribution in [3.63, 3.8) is 0 Å². The largest absolute Gasteiger partial charge is 0.367 e. The van der Waals surface area contributed by atoms with Gasteiger partial charge >= 0.3 is 5.69 Å². The molecule has 0 radical (unpaired) electrons. The van der Waals surface area contributed by atoms with E-state index in [1.54, 1.807) is 6.92 Å². The minimum absolute atomic E-state index is 0.0222.